The number of Topliss-reactive ketones (excluding diaryl/α,β-unsaturated/α-hetero) is 1. The lowest BCUT2D eigenvalue weighted by atomic mass is 9.55. The molecule has 3 aromatic rings. The summed E-state index contributed by atoms with van der Waals surface area (Å²) in [5, 5.41) is 47.6. The van der Waals surface area contributed by atoms with Gasteiger partial charge in [0.15, 0.2) is 5.79 Å². The van der Waals surface area contributed by atoms with Crippen LogP contribution in [0, 0.1) is 22.7 Å². The number of carbonyl (C=O) groups is 1. The van der Waals surface area contributed by atoms with Crippen molar-refractivity contribution in [3.05, 3.63) is 101 Å². The summed E-state index contributed by atoms with van der Waals surface area (Å²) >= 11 is 0. The van der Waals surface area contributed by atoms with Gasteiger partial charge in [0.05, 0.1) is 17.6 Å². The highest BCUT2D eigenvalue weighted by molar-refractivity contribution is 5.90. The summed E-state index contributed by atoms with van der Waals surface area (Å²) in [6.45, 7) is 6.41. The van der Waals surface area contributed by atoms with Gasteiger partial charge in [-0.05, 0) is 89.1 Å². The molecule has 8 rings (SSSR count). The second-order valence-corrected chi connectivity index (χ2v) is 15.1. The standard InChI is InChI=1S/C40H44O6/c1-23-35-29(22-41)20-39(40(35,45)46-3)34(44)12-8-24-5-4-6-30(16-24)38(14-13-31(42)21-38)36-32-18-28-15-25(19-37(23,39)2)7-9-26(28)17-27(32)10-11-33(36)43/h4-7,9-11,15-18,29,31,33,35-36,41-43,45H,1,8,12-14,19-22H2,2-3H3/t29-,31-,33+,35+,36+,37-,38+,39+,40-/m1/s1. The maximum absolute atomic E-state index is 14.8. The summed E-state index contributed by atoms with van der Waals surface area (Å²) in [5.41, 5.74) is 3.49. The molecule has 9 atom stereocenters. The number of aliphatic hydroxyl groups is 4. The molecule has 0 amide bonds. The second-order valence-electron chi connectivity index (χ2n) is 15.1. The zero-order chi connectivity index (χ0) is 32.2. The molecule has 2 spiro atoms. The molecule has 3 fully saturated rings. The number of methoxy groups -OCH3 is 1. The van der Waals surface area contributed by atoms with Gasteiger partial charge < -0.3 is 25.2 Å². The average Bonchev–Trinajstić information content (AvgIpc) is 3.61. The van der Waals surface area contributed by atoms with Gasteiger partial charge in [-0.2, -0.15) is 0 Å². The summed E-state index contributed by atoms with van der Waals surface area (Å²) < 4.78 is 5.95. The molecule has 240 valence electrons. The molecular formula is C40H44O6. The molecule has 5 aliphatic carbocycles. The quantitative estimate of drug-likeness (QED) is 0.227. The van der Waals surface area contributed by atoms with Crippen LogP contribution in [-0.2, 0) is 27.8 Å². The van der Waals surface area contributed by atoms with Gasteiger partial charge in [0.2, 0.25) is 0 Å². The molecule has 6 nitrogen and oxygen atoms in total. The first-order valence-electron chi connectivity index (χ1n) is 16.8. The van der Waals surface area contributed by atoms with Gasteiger partial charge in [0, 0.05) is 42.8 Å². The van der Waals surface area contributed by atoms with Crippen molar-refractivity contribution in [1.82, 2.24) is 0 Å². The van der Waals surface area contributed by atoms with Crippen LogP contribution in [0.5, 0.6) is 0 Å². The predicted molar refractivity (Wildman–Crippen MR) is 177 cm³/mol. The third-order valence-electron chi connectivity index (χ3n) is 13.2. The Kier molecular flexibility index (Phi) is 6.69. The average molecular weight is 621 g/mol. The lowest BCUT2D eigenvalue weighted by Gasteiger charge is -2.48. The van der Waals surface area contributed by atoms with E-state index in [9.17, 15) is 25.2 Å². The number of fused-ring (bicyclic) bond motifs is 6. The van der Waals surface area contributed by atoms with E-state index in [0.29, 0.717) is 32.1 Å². The molecule has 6 heteroatoms. The second kappa shape index (κ2) is 10.2. The Bertz CT molecular complexity index is 1810. The number of aliphatic hydroxyl groups excluding tert-OH is 3. The summed E-state index contributed by atoms with van der Waals surface area (Å²) in [7, 11) is 1.47. The van der Waals surface area contributed by atoms with Gasteiger partial charge in [-0.1, -0.05) is 79.8 Å². The molecular weight excluding hydrogens is 576 g/mol. The van der Waals surface area contributed by atoms with E-state index in [0.717, 1.165) is 50.6 Å². The van der Waals surface area contributed by atoms with Gasteiger partial charge in [0.1, 0.15) is 5.78 Å². The molecule has 3 saturated carbocycles. The van der Waals surface area contributed by atoms with Crippen molar-refractivity contribution in [2.24, 2.45) is 22.7 Å². The number of benzene rings is 3. The number of ether oxygens (including phenoxy) is 1. The van der Waals surface area contributed by atoms with Gasteiger partial charge >= 0.3 is 0 Å². The highest BCUT2D eigenvalue weighted by Crippen LogP contribution is 2.74. The molecule has 0 aliphatic heterocycles. The van der Waals surface area contributed by atoms with E-state index in [4.69, 9.17) is 4.74 Å². The van der Waals surface area contributed by atoms with Crippen molar-refractivity contribution >= 4 is 22.6 Å². The SMILES string of the molecule is C=C1[C@H]2[C@@H](CO)C[C@@]3(C(=O)CCc4cccc(c4)[C@@]4(CC[C@@H](O)C4)[C@H]4c5cc6cc(ccc6cc5C=C[C@@H]4O)C[C@]13C)[C@]2(O)OC. The Morgan fingerprint density at radius 3 is 2.54 bits per heavy atom. The van der Waals surface area contributed by atoms with Crippen LogP contribution in [0.3, 0.4) is 0 Å². The minimum absolute atomic E-state index is 0.0667. The van der Waals surface area contributed by atoms with Crippen molar-refractivity contribution in [3.8, 4) is 0 Å². The fourth-order valence-electron chi connectivity index (χ4n) is 11.1. The smallest absolute Gasteiger partial charge is 0.185 e. The zero-order valence-electron chi connectivity index (χ0n) is 26.7. The molecule has 0 aromatic heterocycles. The van der Waals surface area contributed by atoms with Gasteiger partial charge in [-0.3, -0.25) is 4.79 Å². The highest BCUT2D eigenvalue weighted by atomic mass is 16.6. The van der Waals surface area contributed by atoms with E-state index in [1.54, 1.807) is 0 Å². The summed E-state index contributed by atoms with van der Waals surface area (Å²) in [6.07, 6.45) is 6.23. The Hall–Kier alpha value is -3.13. The van der Waals surface area contributed by atoms with Gasteiger partial charge in [-0.15, -0.1) is 0 Å². The van der Waals surface area contributed by atoms with Crippen LogP contribution >= 0.6 is 0 Å². The van der Waals surface area contributed by atoms with Crippen LogP contribution in [0.4, 0.5) is 0 Å². The molecule has 0 saturated heterocycles. The molecule has 5 aliphatic rings. The molecule has 4 N–H and O–H groups in total. The van der Waals surface area contributed by atoms with E-state index >= 15 is 0 Å². The molecule has 0 heterocycles. The summed E-state index contributed by atoms with van der Waals surface area (Å²) in [4.78, 5) is 14.8. The molecule has 7 bridgehead atoms. The van der Waals surface area contributed by atoms with Crippen molar-refractivity contribution < 1.29 is 30.0 Å². The van der Waals surface area contributed by atoms with Gasteiger partial charge in [0.25, 0.3) is 0 Å². The van der Waals surface area contributed by atoms with E-state index in [-0.39, 0.29) is 30.6 Å². The van der Waals surface area contributed by atoms with Crippen LogP contribution in [0.15, 0.2) is 72.8 Å². The number of hydrogen-bond donors (Lipinski definition) is 4. The van der Waals surface area contributed by atoms with E-state index in [1.165, 1.54) is 7.11 Å². The lowest BCUT2D eigenvalue weighted by Crippen LogP contribution is -2.56. The first-order valence-corrected chi connectivity index (χ1v) is 16.8. The summed E-state index contributed by atoms with van der Waals surface area (Å²) in [5.74, 6) is -2.95. The highest BCUT2D eigenvalue weighted by Gasteiger charge is 2.80. The van der Waals surface area contributed by atoms with E-state index in [2.05, 4.69) is 56.0 Å². The van der Waals surface area contributed by atoms with Crippen LogP contribution in [0.2, 0.25) is 0 Å². The topological polar surface area (TPSA) is 107 Å². The zero-order valence-corrected chi connectivity index (χ0v) is 26.7. The third kappa shape index (κ3) is 3.74. The molecule has 0 radical (unpaired) electrons. The Balaban J connectivity index is 1.38. The predicted octanol–water partition coefficient (Wildman–Crippen LogP) is 5.38. The number of aryl methyl sites for hydroxylation is 1. The van der Waals surface area contributed by atoms with Crippen LogP contribution in [0.1, 0.15) is 72.8 Å². The lowest BCUT2D eigenvalue weighted by molar-refractivity contribution is -0.254. The maximum atomic E-state index is 14.8. The maximum Gasteiger partial charge on any atom is 0.185 e. The monoisotopic (exact) mass is 620 g/mol. The largest absolute Gasteiger partial charge is 0.396 e. The summed E-state index contributed by atoms with van der Waals surface area (Å²) in [6, 6.07) is 19.2. The molecule has 0 unspecified atom stereocenters. The van der Waals surface area contributed by atoms with Crippen LogP contribution in [0.25, 0.3) is 16.8 Å². The number of hydrogen-bond acceptors (Lipinski definition) is 6. The Morgan fingerprint density at radius 1 is 0.978 bits per heavy atom. The normalized spacial score (nSPS) is 39.7. The number of ketones is 1. The number of carbonyl (C=O) groups excluding carboxylic acids is 1. The number of rotatable bonds is 2. The fraction of sp³-hybridized carbons (Fsp3) is 0.475. The van der Waals surface area contributed by atoms with Crippen LogP contribution in [-0.4, -0.2) is 57.9 Å². The Labute approximate surface area is 270 Å². The third-order valence-corrected chi connectivity index (χ3v) is 13.2. The Morgan fingerprint density at radius 2 is 1.80 bits per heavy atom. The first-order chi connectivity index (χ1) is 22.0. The van der Waals surface area contributed by atoms with Crippen LogP contribution < -0.4 is 0 Å². The van der Waals surface area contributed by atoms with Crippen molar-refractivity contribution in [2.75, 3.05) is 13.7 Å². The van der Waals surface area contributed by atoms with Crippen molar-refractivity contribution in [1.29, 1.82) is 0 Å². The van der Waals surface area contributed by atoms with Crippen molar-refractivity contribution in [2.45, 2.75) is 81.2 Å². The molecule has 46 heavy (non-hydrogen) atoms. The van der Waals surface area contributed by atoms with E-state index in [1.807, 2.05) is 24.3 Å². The van der Waals surface area contributed by atoms with E-state index < -0.39 is 40.2 Å². The first kappa shape index (κ1) is 30.2. The fourth-order valence-corrected chi connectivity index (χ4v) is 11.1. The minimum Gasteiger partial charge on any atom is -0.396 e. The van der Waals surface area contributed by atoms with Crippen molar-refractivity contribution in [3.63, 3.8) is 0 Å². The molecule has 3 aromatic carbocycles. The minimum atomic E-state index is -1.77. The van der Waals surface area contributed by atoms with Gasteiger partial charge in [-0.25, -0.2) is 0 Å².